The summed E-state index contributed by atoms with van der Waals surface area (Å²) in [6.45, 7) is 3.11. The molecule has 0 saturated carbocycles. The Morgan fingerprint density at radius 1 is 1.39 bits per heavy atom. The van der Waals surface area contributed by atoms with Gasteiger partial charge in [0.15, 0.2) is 9.84 Å². The Labute approximate surface area is 108 Å². The first-order valence-corrected chi connectivity index (χ1v) is 8.45. The SMILES string of the molecule is CCC(=O)N(C[C@@H]1CCCO1)[C@H]1CCS(=O)(=O)C1. The van der Waals surface area contributed by atoms with Gasteiger partial charge in [0.05, 0.1) is 17.6 Å². The molecule has 18 heavy (non-hydrogen) atoms. The molecule has 2 rings (SSSR count). The van der Waals surface area contributed by atoms with Gasteiger partial charge in [0.1, 0.15) is 0 Å². The van der Waals surface area contributed by atoms with E-state index in [-0.39, 0.29) is 29.6 Å². The van der Waals surface area contributed by atoms with E-state index in [0.717, 1.165) is 19.4 Å². The van der Waals surface area contributed by atoms with E-state index in [1.54, 1.807) is 4.90 Å². The molecule has 2 aliphatic heterocycles. The molecule has 2 aliphatic rings. The first-order chi connectivity index (χ1) is 8.52. The lowest BCUT2D eigenvalue weighted by Gasteiger charge is -2.30. The fraction of sp³-hybridized carbons (Fsp3) is 0.917. The van der Waals surface area contributed by atoms with Crippen molar-refractivity contribution in [3.8, 4) is 0 Å². The molecule has 2 saturated heterocycles. The van der Waals surface area contributed by atoms with Crippen LogP contribution in [-0.2, 0) is 19.4 Å². The van der Waals surface area contributed by atoms with Crippen LogP contribution in [0.25, 0.3) is 0 Å². The molecule has 2 atom stereocenters. The van der Waals surface area contributed by atoms with E-state index < -0.39 is 9.84 Å². The molecule has 0 unspecified atom stereocenters. The van der Waals surface area contributed by atoms with Gasteiger partial charge in [0.2, 0.25) is 5.91 Å². The molecule has 0 radical (unpaired) electrons. The summed E-state index contributed by atoms with van der Waals surface area (Å²) in [5, 5.41) is 0. The van der Waals surface area contributed by atoms with Gasteiger partial charge in [-0.2, -0.15) is 0 Å². The maximum Gasteiger partial charge on any atom is 0.222 e. The smallest absolute Gasteiger partial charge is 0.222 e. The monoisotopic (exact) mass is 275 g/mol. The van der Waals surface area contributed by atoms with E-state index in [4.69, 9.17) is 4.74 Å². The van der Waals surface area contributed by atoms with Crippen LogP contribution in [0.3, 0.4) is 0 Å². The lowest BCUT2D eigenvalue weighted by atomic mass is 10.1. The summed E-state index contributed by atoms with van der Waals surface area (Å²) < 4.78 is 28.6. The summed E-state index contributed by atoms with van der Waals surface area (Å²) in [4.78, 5) is 13.7. The molecule has 1 amide bonds. The first-order valence-electron chi connectivity index (χ1n) is 6.63. The number of carbonyl (C=O) groups excluding carboxylic acids is 1. The number of hydrogen-bond donors (Lipinski definition) is 0. The number of hydrogen-bond acceptors (Lipinski definition) is 4. The van der Waals surface area contributed by atoms with E-state index in [1.807, 2.05) is 6.92 Å². The van der Waals surface area contributed by atoms with Crippen molar-refractivity contribution in [2.75, 3.05) is 24.7 Å². The van der Waals surface area contributed by atoms with Crippen LogP contribution in [0.1, 0.15) is 32.6 Å². The zero-order chi connectivity index (χ0) is 13.2. The molecule has 0 aromatic rings. The van der Waals surface area contributed by atoms with E-state index in [0.29, 0.717) is 19.4 Å². The Kier molecular flexibility index (Phi) is 4.27. The standard InChI is InChI=1S/C12H21NO4S/c1-2-12(14)13(8-11-4-3-6-17-11)10-5-7-18(15,16)9-10/h10-11H,2-9H2,1H3/t10-,11-/m0/s1. The second kappa shape index (κ2) is 5.57. The zero-order valence-electron chi connectivity index (χ0n) is 10.8. The molecular formula is C12H21NO4S. The number of rotatable bonds is 4. The fourth-order valence-electron chi connectivity index (χ4n) is 2.69. The molecule has 0 aromatic carbocycles. The summed E-state index contributed by atoms with van der Waals surface area (Å²) in [6, 6.07) is -0.147. The fourth-order valence-corrected chi connectivity index (χ4v) is 4.42. The molecule has 2 heterocycles. The van der Waals surface area contributed by atoms with Gasteiger partial charge in [-0.1, -0.05) is 6.92 Å². The molecule has 6 heteroatoms. The highest BCUT2D eigenvalue weighted by Gasteiger charge is 2.35. The molecule has 0 aliphatic carbocycles. The highest BCUT2D eigenvalue weighted by Crippen LogP contribution is 2.21. The summed E-state index contributed by atoms with van der Waals surface area (Å²) >= 11 is 0. The molecule has 5 nitrogen and oxygen atoms in total. The Hall–Kier alpha value is -0.620. The third kappa shape index (κ3) is 3.23. The quantitative estimate of drug-likeness (QED) is 0.753. The van der Waals surface area contributed by atoms with Gasteiger partial charge in [0.25, 0.3) is 0 Å². The number of carbonyl (C=O) groups is 1. The molecule has 0 bridgehead atoms. The number of nitrogens with zero attached hydrogens (tertiary/aromatic N) is 1. The van der Waals surface area contributed by atoms with Gasteiger partial charge in [-0.05, 0) is 19.3 Å². The van der Waals surface area contributed by atoms with Crippen LogP contribution in [0, 0.1) is 0 Å². The Bertz CT molecular complexity index is 400. The lowest BCUT2D eigenvalue weighted by Crippen LogP contribution is -2.44. The first kappa shape index (κ1) is 13.8. The van der Waals surface area contributed by atoms with Crippen LogP contribution in [-0.4, -0.2) is 56.0 Å². The van der Waals surface area contributed by atoms with Gasteiger partial charge in [0, 0.05) is 25.6 Å². The number of ether oxygens (including phenoxy) is 1. The third-order valence-corrected chi connectivity index (χ3v) is 5.45. The van der Waals surface area contributed by atoms with Crippen molar-refractivity contribution in [1.29, 1.82) is 0 Å². The van der Waals surface area contributed by atoms with Crippen molar-refractivity contribution in [1.82, 2.24) is 4.90 Å². The van der Waals surface area contributed by atoms with Crippen molar-refractivity contribution in [3.05, 3.63) is 0 Å². The maximum atomic E-state index is 12.0. The summed E-state index contributed by atoms with van der Waals surface area (Å²) in [6.07, 6.45) is 3.07. The molecular weight excluding hydrogens is 254 g/mol. The minimum atomic E-state index is -2.95. The van der Waals surface area contributed by atoms with Crippen molar-refractivity contribution in [3.63, 3.8) is 0 Å². The largest absolute Gasteiger partial charge is 0.376 e. The van der Waals surface area contributed by atoms with Crippen molar-refractivity contribution in [2.45, 2.75) is 44.8 Å². The zero-order valence-corrected chi connectivity index (χ0v) is 11.6. The maximum absolute atomic E-state index is 12.0. The molecule has 0 aromatic heterocycles. The van der Waals surface area contributed by atoms with Crippen LogP contribution < -0.4 is 0 Å². The van der Waals surface area contributed by atoms with Gasteiger partial charge < -0.3 is 9.64 Å². The van der Waals surface area contributed by atoms with Crippen molar-refractivity contribution in [2.24, 2.45) is 0 Å². The van der Waals surface area contributed by atoms with Crippen LogP contribution in [0.15, 0.2) is 0 Å². The number of sulfone groups is 1. The topological polar surface area (TPSA) is 63.7 Å². The summed E-state index contributed by atoms with van der Waals surface area (Å²) in [5.41, 5.74) is 0. The number of amides is 1. The second-order valence-corrected chi connectivity index (χ2v) is 7.32. The van der Waals surface area contributed by atoms with Gasteiger partial charge in [-0.15, -0.1) is 0 Å². The van der Waals surface area contributed by atoms with E-state index in [2.05, 4.69) is 0 Å². The Morgan fingerprint density at radius 3 is 2.67 bits per heavy atom. The molecule has 0 spiro atoms. The predicted octanol–water partition coefficient (Wildman–Crippen LogP) is 0.591. The van der Waals surface area contributed by atoms with Crippen LogP contribution in [0.5, 0.6) is 0 Å². The minimum absolute atomic E-state index is 0.0348. The Morgan fingerprint density at radius 2 is 2.17 bits per heavy atom. The van der Waals surface area contributed by atoms with Gasteiger partial charge in [-0.25, -0.2) is 8.42 Å². The highest BCUT2D eigenvalue weighted by molar-refractivity contribution is 7.91. The van der Waals surface area contributed by atoms with E-state index >= 15 is 0 Å². The van der Waals surface area contributed by atoms with Crippen LogP contribution >= 0.6 is 0 Å². The normalized spacial score (nSPS) is 30.5. The van der Waals surface area contributed by atoms with Crippen molar-refractivity contribution < 1.29 is 17.9 Å². The Balaban J connectivity index is 2.03. The minimum Gasteiger partial charge on any atom is -0.376 e. The van der Waals surface area contributed by atoms with Crippen LogP contribution in [0.2, 0.25) is 0 Å². The third-order valence-electron chi connectivity index (χ3n) is 3.70. The summed E-state index contributed by atoms with van der Waals surface area (Å²) in [5.74, 6) is 0.356. The average Bonchev–Trinajstić information content (AvgIpc) is 2.94. The second-order valence-electron chi connectivity index (χ2n) is 5.09. The van der Waals surface area contributed by atoms with Crippen molar-refractivity contribution >= 4 is 15.7 Å². The van der Waals surface area contributed by atoms with Crippen LogP contribution in [0.4, 0.5) is 0 Å². The molecule has 2 fully saturated rings. The molecule has 0 N–H and O–H groups in total. The van der Waals surface area contributed by atoms with E-state index in [1.165, 1.54) is 0 Å². The average molecular weight is 275 g/mol. The van der Waals surface area contributed by atoms with E-state index in [9.17, 15) is 13.2 Å². The molecule has 104 valence electrons. The lowest BCUT2D eigenvalue weighted by molar-refractivity contribution is -0.134. The van der Waals surface area contributed by atoms with Gasteiger partial charge in [-0.3, -0.25) is 4.79 Å². The summed E-state index contributed by atoms with van der Waals surface area (Å²) in [7, 11) is -2.95. The van der Waals surface area contributed by atoms with Gasteiger partial charge >= 0.3 is 0 Å². The predicted molar refractivity (Wildman–Crippen MR) is 68.0 cm³/mol. The highest BCUT2D eigenvalue weighted by atomic mass is 32.2.